The van der Waals surface area contributed by atoms with Crippen LogP contribution in [0.5, 0.6) is 0 Å². The summed E-state index contributed by atoms with van der Waals surface area (Å²) < 4.78 is 16.6. The van der Waals surface area contributed by atoms with Crippen molar-refractivity contribution in [3.8, 4) is 17.2 Å². The van der Waals surface area contributed by atoms with Crippen molar-refractivity contribution in [2.45, 2.75) is 56.9 Å². The van der Waals surface area contributed by atoms with E-state index in [-0.39, 0.29) is 18.6 Å². The second-order valence-electron chi connectivity index (χ2n) is 8.74. The second-order valence-corrected chi connectivity index (χ2v) is 8.74. The number of nitriles is 1. The number of halogens is 1. The Morgan fingerprint density at radius 3 is 2.87 bits per heavy atom. The fraction of sp³-hybridized carbons (Fsp3) is 0.417. The maximum atomic E-state index is 14.9. The Morgan fingerprint density at radius 1 is 1.29 bits per heavy atom. The third-order valence-electron chi connectivity index (χ3n) is 6.64. The molecular formula is C24H25FN6. The van der Waals surface area contributed by atoms with E-state index in [1.807, 2.05) is 26.2 Å². The predicted molar refractivity (Wildman–Crippen MR) is 118 cm³/mol. The number of likely N-dealkylation sites (N-methyl/N-ethyl adjacent to an activating group) is 1. The minimum absolute atomic E-state index is 0.0295. The molecular weight excluding hydrogens is 391 g/mol. The summed E-state index contributed by atoms with van der Waals surface area (Å²) in [5, 5.41) is 13.8. The van der Waals surface area contributed by atoms with Crippen LogP contribution in [-0.2, 0) is 6.54 Å². The number of hydrogen-bond donors (Lipinski definition) is 0. The van der Waals surface area contributed by atoms with Crippen LogP contribution in [0.1, 0.15) is 44.0 Å². The number of alkyl halides is 1. The van der Waals surface area contributed by atoms with Crippen molar-refractivity contribution in [1.82, 2.24) is 19.7 Å². The standard InChI is InChI=1S/C24H25FN6/c1-16-28-21-11-17(5-8-22(21)30(16)2)23-20(7-6-19(12-26)29-23)18-13-27-31(14-18)15-24(25)9-3-4-10-24/h5-8,11,13-14,21-22H,3-4,9-10,15H2,1-2H3. The van der Waals surface area contributed by atoms with Crippen LogP contribution in [0.4, 0.5) is 4.39 Å². The molecule has 0 N–H and O–H groups in total. The maximum absolute atomic E-state index is 14.9. The van der Waals surface area contributed by atoms with Gasteiger partial charge in [0.25, 0.3) is 0 Å². The monoisotopic (exact) mass is 416 g/mol. The van der Waals surface area contributed by atoms with Crippen molar-refractivity contribution >= 4 is 11.4 Å². The normalized spacial score (nSPS) is 24.0. The van der Waals surface area contributed by atoms with Gasteiger partial charge in [0, 0.05) is 24.4 Å². The fourth-order valence-corrected chi connectivity index (χ4v) is 4.83. The van der Waals surface area contributed by atoms with Crippen LogP contribution in [0.3, 0.4) is 0 Å². The van der Waals surface area contributed by atoms with Crippen molar-refractivity contribution in [1.29, 1.82) is 5.26 Å². The van der Waals surface area contributed by atoms with Gasteiger partial charge in [-0.3, -0.25) is 9.67 Å². The minimum Gasteiger partial charge on any atom is -0.355 e. The van der Waals surface area contributed by atoms with E-state index in [0.717, 1.165) is 41.1 Å². The molecule has 3 aliphatic rings. The van der Waals surface area contributed by atoms with Gasteiger partial charge < -0.3 is 4.90 Å². The lowest BCUT2D eigenvalue weighted by Crippen LogP contribution is -2.34. The zero-order valence-electron chi connectivity index (χ0n) is 17.8. The summed E-state index contributed by atoms with van der Waals surface area (Å²) in [6.45, 7) is 2.29. The first-order chi connectivity index (χ1) is 15.0. The Morgan fingerprint density at radius 2 is 2.10 bits per heavy atom. The molecule has 2 unspecified atom stereocenters. The number of fused-ring (bicyclic) bond motifs is 1. The van der Waals surface area contributed by atoms with E-state index in [9.17, 15) is 9.65 Å². The van der Waals surface area contributed by atoms with Gasteiger partial charge in [0.15, 0.2) is 0 Å². The molecule has 2 aliphatic carbocycles. The van der Waals surface area contributed by atoms with Gasteiger partial charge in [-0.15, -0.1) is 0 Å². The molecule has 0 amide bonds. The van der Waals surface area contributed by atoms with Gasteiger partial charge in [0.2, 0.25) is 0 Å². The van der Waals surface area contributed by atoms with E-state index in [2.05, 4.69) is 39.3 Å². The molecule has 1 saturated carbocycles. The highest BCUT2D eigenvalue weighted by molar-refractivity contribution is 5.87. The van der Waals surface area contributed by atoms with E-state index >= 15 is 0 Å². The highest BCUT2D eigenvalue weighted by atomic mass is 19.1. The van der Waals surface area contributed by atoms with E-state index < -0.39 is 5.67 Å². The molecule has 7 heteroatoms. The Labute approximate surface area is 181 Å². The third-order valence-corrected chi connectivity index (χ3v) is 6.64. The molecule has 1 aliphatic heterocycles. The average Bonchev–Trinajstić information content (AvgIpc) is 3.48. The Bertz CT molecular complexity index is 1150. The summed E-state index contributed by atoms with van der Waals surface area (Å²) in [7, 11) is 2.04. The Kier molecular flexibility index (Phi) is 4.73. The molecule has 0 spiro atoms. The number of aromatic nitrogens is 3. The fourth-order valence-electron chi connectivity index (χ4n) is 4.83. The molecule has 158 valence electrons. The van der Waals surface area contributed by atoms with Gasteiger partial charge in [0.05, 0.1) is 36.4 Å². The molecule has 1 fully saturated rings. The topological polar surface area (TPSA) is 70.1 Å². The zero-order valence-corrected chi connectivity index (χ0v) is 17.8. The first kappa shape index (κ1) is 19.7. The number of amidine groups is 1. The van der Waals surface area contributed by atoms with Crippen molar-refractivity contribution in [3.05, 3.63) is 54.1 Å². The van der Waals surface area contributed by atoms with E-state index in [1.165, 1.54) is 0 Å². The van der Waals surface area contributed by atoms with Gasteiger partial charge in [0.1, 0.15) is 17.4 Å². The molecule has 0 aromatic carbocycles. The van der Waals surface area contributed by atoms with Crippen LogP contribution in [0, 0.1) is 11.3 Å². The van der Waals surface area contributed by atoms with Crippen molar-refractivity contribution in [3.63, 3.8) is 0 Å². The lowest BCUT2D eigenvalue weighted by atomic mass is 9.93. The van der Waals surface area contributed by atoms with Crippen LogP contribution in [0.2, 0.25) is 0 Å². The molecule has 0 saturated heterocycles. The summed E-state index contributed by atoms with van der Waals surface area (Å²) in [6.07, 6.45) is 13.0. The Balaban J connectivity index is 1.50. The summed E-state index contributed by atoms with van der Waals surface area (Å²) in [5.41, 5.74) is 2.61. The smallest absolute Gasteiger partial charge is 0.141 e. The van der Waals surface area contributed by atoms with Crippen LogP contribution in [0.15, 0.2) is 47.7 Å². The molecule has 3 heterocycles. The number of nitrogens with zero attached hydrogens (tertiary/aromatic N) is 6. The number of rotatable bonds is 4. The lowest BCUT2D eigenvalue weighted by molar-refractivity contribution is 0.139. The first-order valence-electron chi connectivity index (χ1n) is 10.8. The molecule has 2 aromatic rings. The average molecular weight is 417 g/mol. The van der Waals surface area contributed by atoms with Gasteiger partial charge in [-0.25, -0.2) is 9.37 Å². The van der Waals surface area contributed by atoms with Gasteiger partial charge in [-0.1, -0.05) is 25.0 Å². The predicted octanol–water partition coefficient (Wildman–Crippen LogP) is 4.15. The third kappa shape index (κ3) is 3.56. The van der Waals surface area contributed by atoms with E-state index in [1.54, 1.807) is 16.9 Å². The van der Waals surface area contributed by atoms with Gasteiger partial charge >= 0.3 is 0 Å². The highest BCUT2D eigenvalue weighted by Crippen LogP contribution is 2.36. The summed E-state index contributed by atoms with van der Waals surface area (Å²) in [4.78, 5) is 11.5. The summed E-state index contributed by atoms with van der Waals surface area (Å²) in [5.74, 6) is 1.00. The van der Waals surface area contributed by atoms with E-state index in [0.29, 0.717) is 18.5 Å². The maximum Gasteiger partial charge on any atom is 0.141 e. The zero-order chi connectivity index (χ0) is 21.6. The SMILES string of the molecule is CC1=NC2C=C(c3nc(C#N)ccc3-c3cnn(CC4(F)CCCC4)c3)C=CC2N1C. The summed E-state index contributed by atoms with van der Waals surface area (Å²) >= 11 is 0. The van der Waals surface area contributed by atoms with Crippen molar-refractivity contribution in [2.24, 2.45) is 4.99 Å². The van der Waals surface area contributed by atoms with Crippen LogP contribution >= 0.6 is 0 Å². The first-order valence-corrected chi connectivity index (χ1v) is 10.8. The van der Waals surface area contributed by atoms with Crippen molar-refractivity contribution in [2.75, 3.05) is 7.05 Å². The lowest BCUT2D eigenvalue weighted by Gasteiger charge is -2.25. The van der Waals surface area contributed by atoms with Crippen LogP contribution < -0.4 is 0 Å². The van der Waals surface area contributed by atoms with Gasteiger partial charge in [-0.2, -0.15) is 10.4 Å². The minimum atomic E-state index is -1.16. The molecule has 2 aromatic heterocycles. The molecule has 2 atom stereocenters. The van der Waals surface area contributed by atoms with Crippen LogP contribution in [0.25, 0.3) is 16.7 Å². The number of aliphatic imine (C=N–C) groups is 1. The van der Waals surface area contributed by atoms with Crippen LogP contribution in [-0.4, -0.2) is 50.3 Å². The molecule has 0 radical (unpaired) electrons. The number of hydrogen-bond acceptors (Lipinski definition) is 5. The largest absolute Gasteiger partial charge is 0.355 e. The molecule has 5 rings (SSSR count). The van der Waals surface area contributed by atoms with Crippen molar-refractivity contribution < 1.29 is 4.39 Å². The summed E-state index contributed by atoms with van der Waals surface area (Å²) in [6, 6.07) is 5.99. The quantitative estimate of drug-likeness (QED) is 0.751. The molecule has 6 nitrogen and oxygen atoms in total. The second kappa shape index (κ2) is 7.45. The molecule has 31 heavy (non-hydrogen) atoms. The van der Waals surface area contributed by atoms with Gasteiger partial charge in [-0.05, 0) is 43.5 Å². The van der Waals surface area contributed by atoms with E-state index in [4.69, 9.17) is 4.99 Å². The number of pyridine rings is 1. The Hall–Kier alpha value is -3.27. The number of allylic oxidation sites excluding steroid dienone is 2. The molecule has 0 bridgehead atoms. The highest BCUT2D eigenvalue weighted by Gasteiger charge is 2.34.